The Hall–Kier alpha value is -0.790. The van der Waals surface area contributed by atoms with Crippen molar-refractivity contribution < 1.29 is 9.53 Å². The van der Waals surface area contributed by atoms with Gasteiger partial charge in [0, 0.05) is 7.05 Å². The van der Waals surface area contributed by atoms with Crippen LogP contribution in [0.2, 0.25) is 0 Å². The molecule has 5 nitrogen and oxygen atoms in total. The molecule has 1 heterocycles. The fraction of sp³-hybridized carbons (Fsp3) is 0.200. The second-order valence-electron chi connectivity index (χ2n) is 1.84. The van der Waals surface area contributed by atoms with Crippen LogP contribution in [0.4, 0.5) is 4.79 Å². The van der Waals surface area contributed by atoms with Gasteiger partial charge in [-0.3, -0.25) is 0 Å². The fourth-order valence-corrected chi connectivity index (χ4v) is 1.19. The Kier molecular flexibility index (Phi) is 2.32. The topological polar surface area (TPSA) is 70.1 Å². The van der Waals surface area contributed by atoms with Gasteiger partial charge in [-0.2, -0.15) is 5.10 Å². The van der Waals surface area contributed by atoms with Crippen molar-refractivity contribution in [1.29, 1.82) is 0 Å². The van der Waals surface area contributed by atoms with Crippen LogP contribution in [-0.2, 0) is 7.05 Å². The van der Waals surface area contributed by atoms with Gasteiger partial charge >= 0.3 is 6.09 Å². The molecule has 0 aliphatic heterocycles. The number of amides is 1. The number of halogens is 1. The first-order chi connectivity index (χ1) is 5.11. The molecule has 0 radical (unpaired) electrons. The summed E-state index contributed by atoms with van der Waals surface area (Å²) in [5.41, 5.74) is 4.82. The van der Waals surface area contributed by atoms with Crippen molar-refractivity contribution in [3.05, 3.63) is 9.77 Å². The number of carbonyl (C=O) groups is 1. The second-order valence-corrected chi connectivity index (χ2v) is 3.00. The van der Waals surface area contributed by atoms with E-state index in [0.29, 0.717) is 5.88 Å². The molecule has 0 spiro atoms. The lowest BCUT2D eigenvalue weighted by Gasteiger charge is -1.99. The largest absolute Gasteiger partial charge is 0.411 e. The number of rotatable bonds is 1. The van der Waals surface area contributed by atoms with E-state index in [-0.39, 0.29) is 0 Å². The number of hydrogen-bond acceptors (Lipinski definition) is 3. The maximum Gasteiger partial charge on any atom is 0.411 e. The molecule has 11 heavy (non-hydrogen) atoms. The molecule has 0 saturated carbocycles. The van der Waals surface area contributed by atoms with E-state index in [1.807, 2.05) is 22.6 Å². The van der Waals surface area contributed by atoms with Gasteiger partial charge in [-0.15, -0.1) is 0 Å². The summed E-state index contributed by atoms with van der Waals surface area (Å²) in [5.74, 6) is 0.373. The first-order valence-corrected chi connectivity index (χ1v) is 3.84. The highest BCUT2D eigenvalue weighted by Crippen LogP contribution is 2.18. The molecule has 0 unspecified atom stereocenters. The first kappa shape index (κ1) is 8.31. The molecule has 1 amide bonds. The number of nitrogens with two attached hydrogens (primary N) is 1. The summed E-state index contributed by atoms with van der Waals surface area (Å²) in [5, 5.41) is 3.85. The number of carbonyl (C=O) groups excluding carboxylic acids is 1. The average Bonchev–Trinajstić information content (AvgIpc) is 2.18. The molecule has 0 saturated heterocycles. The van der Waals surface area contributed by atoms with E-state index in [9.17, 15) is 4.79 Å². The van der Waals surface area contributed by atoms with Crippen LogP contribution < -0.4 is 10.5 Å². The zero-order valence-electron chi connectivity index (χ0n) is 5.74. The molecule has 1 rings (SSSR count). The molecular weight excluding hydrogens is 261 g/mol. The van der Waals surface area contributed by atoms with Crippen molar-refractivity contribution >= 4 is 28.7 Å². The van der Waals surface area contributed by atoms with E-state index >= 15 is 0 Å². The van der Waals surface area contributed by atoms with Crippen LogP contribution in [0, 0.1) is 3.57 Å². The van der Waals surface area contributed by atoms with E-state index in [2.05, 4.69) is 9.84 Å². The van der Waals surface area contributed by atoms with Crippen molar-refractivity contribution in [3.63, 3.8) is 0 Å². The Morgan fingerprint density at radius 1 is 1.91 bits per heavy atom. The first-order valence-electron chi connectivity index (χ1n) is 2.76. The Balaban J connectivity index is 2.92. The molecule has 0 fully saturated rings. The quantitative estimate of drug-likeness (QED) is 0.752. The van der Waals surface area contributed by atoms with Crippen molar-refractivity contribution in [2.24, 2.45) is 12.8 Å². The van der Waals surface area contributed by atoms with Gasteiger partial charge in [0.2, 0.25) is 5.88 Å². The van der Waals surface area contributed by atoms with Crippen LogP contribution in [-0.4, -0.2) is 15.9 Å². The van der Waals surface area contributed by atoms with Gasteiger partial charge in [0.25, 0.3) is 0 Å². The zero-order valence-corrected chi connectivity index (χ0v) is 7.90. The van der Waals surface area contributed by atoms with Gasteiger partial charge in [-0.25, -0.2) is 9.48 Å². The van der Waals surface area contributed by atoms with Gasteiger partial charge in [0.15, 0.2) is 0 Å². The molecule has 0 aliphatic rings. The molecule has 0 aliphatic carbocycles. The van der Waals surface area contributed by atoms with Crippen LogP contribution in [0.25, 0.3) is 0 Å². The number of hydrogen-bond donors (Lipinski definition) is 1. The van der Waals surface area contributed by atoms with Crippen LogP contribution in [0.3, 0.4) is 0 Å². The summed E-state index contributed by atoms with van der Waals surface area (Å²) in [7, 11) is 1.67. The lowest BCUT2D eigenvalue weighted by Crippen LogP contribution is -2.18. The highest BCUT2D eigenvalue weighted by molar-refractivity contribution is 14.1. The number of aryl methyl sites for hydroxylation is 1. The van der Waals surface area contributed by atoms with Gasteiger partial charge in [0.05, 0.1) is 9.77 Å². The SMILES string of the molecule is Cn1ncc(I)c1OC(N)=O. The third-order valence-electron chi connectivity index (χ3n) is 1.04. The molecular formula is C5H6IN3O2. The lowest BCUT2D eigenvalue weighted by atomic mass is 10.7. The fourth-order valence-electron chi connectivity index (χ4n) is 0.610. The molecule has 6 heteroatoms. The third-order valence-corrected chi connectivity index (χ3v) is 1.78. The maximum atomic E-state index is 10.3. The molecule has 0 aromatic carbocycles. The molecule has 0 bridgehead atoms. The normalized spacial score (nSPS) is 9.64. The van der Waals surface area contributed by atoms with Crippen molar-refractivity contribution in [2.75, 3.05) is 0 Å². The second kappa shape index (κ2) is 3.07. The molecule has 2 N–H and O–H groups in total. The Labute approximate surface area is 76.6 Å². The number of nitrogens with zero attached hydrogens (tertiary/aromatic N) is 2. The Bertz CT molecular complexity index is 264. The standard InChI is InChI=1S/C5H6IN3O2/c1-9-4(11-5(7)10)3(6)2-8-9/h2H,1H3,(H2,7,10). The van der Waals surface area contributed by atoms with E-state index in [1.165, 1.54) is 4.68 Å². The summed E-state index contributed by atoms with van der Waals surface area (Å²) < 4.78 is 6.84. The third kappa shape index (κ3) is 1.82. The van der Waals surface area contributed by atoms with Gasteiger partial charge in [-0.1, -0.05) is 0 Å². The van der Waals surface area contributed by atoms with Crippen molar-refractivity contribution in [2.45, 2.75) is 0 Å². The van der Waals surface area contributed by atoms with Gasteiger partial charge in [0.1, 0.15) is 0 Å². The van der Waals surface area contributed by atoms with E-state index < -0.39 is 6.09 Å². The summed E-state index contributed by atoms with van der Waals surface area (Å²) >= 11 is 2.00. The van der Waals surface area contributed by atoms with E-state index in [0.717, 1.165) is 3.57 Å². The zero-order chi connectivity index (χ0) is 8.43. The minimum absolute atomic E-state index is 0.373. The molecule has 60 valence electrons. The van der Waals surface area contributed by atoms with Crippen molar-refractivity contribution in [1.82, 2.24) is 9.78 Å². The molecule has 0 atom stereocenters. The predicted octanol–water partition coefficient (Wildman–Crippen LogP) is 0.482. The van der Waals surface area contributed by atoms with Crippen LogP contribution in [0.15, 0.2) is 6.20 Å². The van der Waals surface area contributed by atoms with Crippen LogP contribution in [0.5, 0.6) is 5.88 Å². The summed E-state index contributed by atoms with van der Waals surface area (Å²) in [4.78, 5) is 10.3. The minimum atomic E-state index is -0.827. The highest BCUT2D eigenvalue weighted by Gasteiger charge is 2.08. The maximum absolute atomic E-state index is 10.3. The minimum Gasteiger partial charge on any atom is -0.391 e. The summed E-state index contributed by atoms with van der Waals surface area (Å²) in [6.07, 6.45) is 0.755. The van der Waals surface area contributed by atoms with Crippen LogP contribution in [0.1, 0.15) is 0 Å². The summed E-state index contributed by atoms with van der Waals surface area (Å²) in [6.45, 7) is 0. The van der Waals surface area contributed by atoms with Gasteiger partial charge in [-0.05, 0) is 22.6 Å². The van der Waals surface area contributed by atoms with E-state index in [1.54, 1.807) is 13.2 Å². The number of aromatic nitrogens is 2. The monoisotopic (exact) mass is 267 g/mol. The van der Waals surface area contributed by atoms with Crippen molar-refractivity contribution in [3.8, 4) is 5.88 Å². The molecule has 1 aromatic heterocycles. The lowest BCUT2D eigenvalue weighted by molar-refractivity contribution is 0.206. The Morgan fingerprint density at radius 3 is 2.91 bits per heavy atom. The highest BCUT2D eigenvalue weighted by atomic mass is 127. The summed E-state index contributed by atoms with van der Waals surface area (Å²) in [6, 6.07) is 0. The van der Waals surface area contributed by atoms with Gasteiger partial charge < -0.3 is 10.5 Å². The Morgan fingerprint density at radius 2 is 2.55 bits per heavy atom. The number of ether oxygens (including phenoxy) is 1. The number of primary amides is 1. The van der Waals surface area contributed by atoms with E-state index in [4.69, 9.17) is 5.73 Å². The smallest absolute Gasteiger partial charge is 0.391 e. The average molecular weight is 267 g/mol. The molecule has 1 aromatic rings. The predicted molar refractivity (Wildman–Crippen MR) is 46.1 cm³/mol. The van der Waals surface area contributed by atoms with Crippen LogP contribution >= 0.6 is 22.6 Å².